The molecule has 2 aromatic rings. The number of rotatable bonds is 10. The monoisotopic (exact) mass is 493 g/mol. The first-order valence-corrected chi connectivity index (χ1v) is 12.8. The smallest absolute Gasteiger partial charge is 0.283 e. The number of nitrogens with zero attached hydrogens (tertiary/aromatic N) is 3. The maximum absolute atomic E-state index is 13.4. The van der Waals surface area contributed by atoms with Crippen molar-refractivity contribution >= 4 is 40.5 Å². The van der Waals surface area contributed by atoms with Crippen molar-refractivity contribution in [1.29, 1.82) is 0 Å². The molecule has 1 fully saturated rings. The lowest BCUT2D eigenvalue weighted by molar-refractivity contribution is -0.128. The minimum atomic E-state index is -0.243. The second kappa shape index (κ2) is 11.4. The van der Waals surface area contributed by atoms with Crippen LogP contribution in [0.15, 0.2) is 59.2 Å². The lowest BCUT2D eigenvalue weighted by Crippen LogP contribution is -2.36. The van der Waals surface area contributed by atoms with Gasteiger partial charge in [-0.2, -0.15) is 0 Å². The zero-order chi connectivity index (χ0) is 24.8. The number of carbonyl (C=O) groups is 2. The van der Waals surface area contributed by atoms with Gasteiger partial charge in [0, 0.05) is 19.2 Å². The van der Waals surface area contributed by atoms with Crippen molar-refractivity contribution < 1.29 is 19.1 Å². The fourth-order valence-electron chi connectivity index (χ4n) is 3.85. The summed E-state index contributed by atoms with van der Waals surface area (Å²) >= 11 is 1.30. The number of amides is 2. The molecule has 0 spiro atoms. The molecule has 35 heavy (non-hydrogen) atoms. The minimum absolute atomic E-state index is 0.0806. The third kappa shape index (κ3) is 6.25. The van der Waals surface area contributed by atoms with Crippen molar-refractivity contribution in [3.05, 3.63) is 59.8 Å². The molecule has 1 aliphatic heterocycles. The SMILES string of the molecule is CCCN(CC1CC1)C(=O)CSC1=N/C(=C\c2ccc(OC)cc2)C(=O)N1c1cccc(OC)c1. The fraction of sp³-hybridized carbons (Fsp3) is 0.370. The molecule has 4 rings (SSSR count). The Morgan fingerprint density at radius 2 is 1.89 bits per heavy atom. The third-order valence-corrected chi connectivity index (χ3v) is 6.83. The maximum Gasteiger partial charge on any atom is 0.283 e. The van der Waals surface area contributed by atoms with Crippen LogP contribution in [-0.4, -0.2) is 54.9 Å². The van der Waals surface area contributed by atoms with Gasteiger partial charge in [-0.3, -0.25) is 14.5 Å². The molecule has 0 N–H and O–H groups in total. The Balaban J connectivity index is 1.58. The zero-order valence-electron chi connectivity index (χ0n) is 20.4. The van der Waals surface area contributed by atoms with E-state index >= 15 is 0 Å². The summed E-state index contributed by atoms with van der Waals surface area (Å²) in [6, 6.07) is 14.7. The van der Waals surface area contributed by atoms with Crippen LogP contribution < -0.4 is 14.4 Å². The molecule has 0 atom stereocenters. The van der Waals surface area contributed by atoms with Crippen LogP contribution >= 0.6 is 11.8 Å². The van der Waals surface area contributed by atoms with E-state index in [0.717, 1.165) is 30.8 Å². The van der Waals surface area contributed by atoms with Crippen molar-refractivity contribution in [2.75, 3.05) is 38.0 Å². The third-order valence-electron chi connectivity index (χ3n) is 5.91. The Morgan fingerprint density at radius 3 is 2.54 bits per heavy atom. The topological polar surface area (TPSA) is 71.4 Å². The van der Waals surface area contributed by atoms with Gasteiger partial charge in [-0.1, -0.05) is 36.9 Å². The van der Waals surface area contributed by atoms with Gasteiger partial charge in [-0.05, 0) is 61.1 Å². The molecule has 0 unspecified atom stereocenters. The second-order valence-corrected chi connectivity index (χ2v) is 9.55. The predicted octanol–water partition coefficient (Wildman–Crippen LogP) is 4.83. The summed E-state index contributed by atoms with van der Waals surface area (Å²) in [4.78, 5) is 34.6. The molecule has 0 bridgehead atoms. The van der Waals surface area contributed by atoms with Crippen LogP contribution in [0.4, 0.5) is 5.69 Å². The normalized spacial score (nSPS) is 16.4. The van der Waals surface area contributed by atoms with Gasteiger partial charge in [0.2, 0.25) is 5.91 Å². The Labute approximate surface area is 210 Å². The van der Waals surface area contributed by atoms with Gasteiger partial charge < -0.3 is 14.4 Å². The molecule has 0 radical (unpaired) electrons. The van der Waals surface area contributed by atoms with Crippen molar-refractivity contribution in [3.63, 3.8) is 0 Å². The summed E-state index contributed by atoms with van der Waals surface area (Å²) in [5.74, 6) is 2.08. The summed E-state index contributed by atoms with van der Waals surface area (Å²) in [6.45, 7) is 3.66. The van der Waals surface area contributed by atoms with Crippen LogP contribution in [0.3, 0.4) is 0 Å². The number of amidine groups is 1. The summed E-state index contributed by atoms with van der Waals surface area (Å²) in [7, 11) is 3.20. The van der Waals surface area contributed by atoms with Gasteiger partial charge in [0.25, 0.3) is 5.91 Å². The molecule has 8 heteroatoms. The van der Waals surface area contributed by atoms with E-state index < -0.39 is 0 Å². The lowest BCUT2D eigenvalue weighted by Gasteiger charge is -2.23. The molecule has 2 aromatic carbocycles. The zero-order valence-corrected chi connectivity index (χ0v) is 21.2. The van der Waals surface area contributed by atoms with Crippen LogP contribution in [0.25, 0.3) is 6.08 Å². The average molecular weight is 494 g/mol. The van der Waals surface area contributed by atoms with Gasteiger partial charge in [0.05, 0.1) is 25.7 Å². The van der Waals surface area contributed by atoms with E-state index in [1.54, 1.807) is 31.3 Å². The maximum atomic E-state index is 13.4. The molecule has 2 amide bonds. The van der Waals surface area contributed by atoms with Crippen LogP contribution in [0, 0.1) is 5.92 Å². The van der Waals surface area contributed by atoms with E-state index in [-0.39, 0.29) is 17.6 Å². The van der Waals surface area contributed by atoms with Crippen molar-refractivity contribution in [2.24, 2.45) is 10.9 Å². The summed E-state index contributed by atoms with van der Waals surface area (Å²) in [5, 5.41) is 0.485. The molecular weight excluding hydrogens is 462 g/mol. The number of thioether (sulfide) groups is 1. The molecule has 0 saturated heterocycles. The highest BCUT2D eigenvalue weighted by molar-refractivity contribution is 8.14. The Bertz CT molecular complexity index is 1130. The molecule has 1 saturated carbocycles. The van der Waals surface area contributed by atoms with Crippen LogP contribution in [0.5, 0.6) is 11.5 Å². The van der Waals surface area contributed by atoms with Crippen LogP contribution in [0.1, 0.15) is 31.7 Å². The molecular formula is C27H31N3O4S. The Hall–Kier alpha value is -3.26. The molecule has 1 aliphatic carbocycles. The number of hydrogen-bond acceptors (Lipinski definition) is 6. The highest BCUT2D eigenvalue weighted by atomic mass is 32.2. The van der Waals surface area contributed by atoms with Gasteiger partial charge in [-0.25, -0.2) is 4.99 Å². The molecule has 184 valence electrons. The number of aliphatic imine (C=N–C) groups is 1. The number of ether oxygens (including phenoxy) is 2. The Morgan fingerprint density at radius 1 is 1.14 bits per heavy atom. The largest absolute Gasteiger partial charge is 0.497 e. The van der Waals surface area contributed by atoms with E-state index in [1.807, 2.05) is 47.4 Å². The number of hydrogen-bond donors (Lipinski definition) is 0. The van der Waals surface area contributed by atoms with E-state index in [4.69, 9.17) is 9.47 Å². The second-order valence-electron chi connectivity index (χ2n) is 8.61. The molecule has 2 aliphatic rings. The molecule has 1 heterocycles. The number of benzene rings is 2. The highest BCUT2D eigenvalue weighted by Gasteiger charge is 2.33. The predicted molar refractivity (Wildman–Crippen MR) is 141 cm³/mol. The van der Waals surface area contributed by atoms with Gasteiger partial charge in [0.1, 0.15) is 17.2 Å². The van der Waals surface area contributed by atoms with Gasteiger partial charge in [0.15, 0.2) is 5.17 Å². The first-order valence-electron chi connectivity index (χ1n) is 11.9. The van der Waals surface area contributed by atoms with Gasteiger partial charge in [-0.15, -0.1) is 0 Å². The van der Waals surface area contributed by atoms with Crippen LogP contribution in [0.2, 0.25) is 0 Å². The van der Waals surface area contributed by atoms with Crippen molar-refractivity contribution in [1.82, 2.24) is 4.90 Å². The molecule has 7 nitrogen and oxygen atoms in total. The fourth-order valence-corrected chi connectivity index (χ4v) is 4.76. The quantitative estimate of drug-likeness (QED) is 0.444. The summed E-state index contributed by atoms with van der Waals surface area (Å²) in [5.41, 5.74) is 1.80. The first kappa shape index (κ1) is 24.9. The standard InChI is InChI=1S/C27H31N3O4S/c1-4-14-29(17-20-8-9-20)25(31)18-35-27-28-24(15-19-10-12-22(33-2)13-11-19)26(32)30(27)21-6-5-7-23(16-21)34-3/h5-7,10-13,15-16,20H,4,8-9,14,17-18H2,1-3H3/b24-15-. The van der Waals surface area contributed by atoms with E-state index in [1.165, 1.54) is 24.6 Å². The van der Waals surface area contributed by atoms with E-state index in [2.05, 4.69) is 11.9 Å². The number of anilines is 1. The molecule has 0 aromatic heterocycles. The first-order chi connectivity index (χ1) is 17.0. The average Bonchev–Trinajstić information content (AvgIpc) is 3.65. The van der Waals surface area contributed by atoms with E-state index in [9.17, 15) is 9.59 Å². The Kier molecular flexibility index (Phi) is 8.13. The van der Waals surface area contributed by atoms with E-state index in [0.29, 0.717) is 28.2 Å². The van der Waals surface area contributed by atoms with Gasteiger partial charge >= 0.3 is 0 Å². The van der Waals surface area contributed by atoms with Crippen molar-refractivity contribution in [2.45, 2.75) is 26.2 Å². The minimum Gasteiger partial charge on any atom is -0.497 e. The highest BCUT2D eigenvalue weighted by Crippen LogP contribution is 2.33. The lowest BCUT2D eigenvalue weighted by atomic mass is 10.2. The summed E-state index contributed by atoms with van der Waals surface area (Å²) in [6.07, 6.45) is 5.07. The van der Waals surface area contributed by atoms with Crippen molar-refractivity contribution in [3.8, 4) is 11.5 Å². The van der Waals surface area contributed by atoms with Crippen LogP contribution in [-0.2, 0) is 9.59 Å². The number of carbonyl (C=O) groups excluding carboxylic acids is 2. The summed E-state index contributed by atoms with van der Waals surface area (Å²) < 4.78 is 10.6. The number of methoxy groups -OCH3 is 2.